The normalized spacial score (nSPS) is 12.2. The quantitative estimate of drug-likeness (QED) is 0.835. The second kappa shape index (κ2) is 7.62. The van der Waals surface area contributed by atoms with E-state index in [0.29, 0.717) is 6.61 Å². The maximum Gasteiger partial charge on any atom is 0.120 e. The van der Waals surface area contributed by atoms with Crippen LogP contribution in [0.3, 0.4) is 0 Å². The molecular formula is C18H22BrNO. The molecule has 0 bridgehead atoms. The van der Waals surface area contributed by atoms with Gasteiger partial charge in [-0.1, -0.05) is 47.1 Å². The Kier molecular flexibility index (Phi) is 5.83. The third kappa shape index (κ3) is 4.87. The molecule has 0 aliphatic rings. The third-order valence-corrected chi connectivity index (χ3v) is 4.17. The fraction of sp³-hybridized carbons (Fsp3) is 0.333. The van der Waals surface area contributed by atoms with Crippen molar-refractivity contribution in [3.63, 3.8) is 0 Å². The Morgan fingerprint density at radius 1 is 1.10 bits per heavy atom. The summed E-state index contributed by atoms with van der Waals surface area (Å²) >= 11 is 3.56. The van der Waals surface area contributed by atoms with Crippen LogP contribution < -0.4 is 10.5 Å². The van der Waals surface area contributed by atoms with E-state index in [2.05, 4.69) is 53.2 Å². The van der Waals surface area contributed by atoms with Crippen LogP contribution in [0.25, 0.3) is 0 Å². The molecule has 3 heteroatoms. The Balaban J connectivity index is 2.02. The van der Waals surface area contributed by atoms with Gasteiger partial charge in [-0.15, -0.1) is 0 Å². The van der Waals surface area contributed by atoms with Gasteiger partial charge in [0.2, 0.25) is 0 Å². The number of hydrogen-bond acceptors (Lipinski definition) is 2. The fourth-order valence-electron chi connectivity index (χ4n) is 2.18. The van der Waals surface area contributed by atoms with Crippen molar-refractivity contribution in [3.8, 4) is 5.75 Å². The summed E-state index contributed by atoms with van der Waals surface area (Å²) in [5.41, 5.74) is 9.59. The topological polar surface area (TPSA) is 35.2 Å². The lowest BCUT2D eigenvalue weighted by atomic mass is 10.1. The predicted octanol–water partition coefficient (Wildman–Crippen LogP) is 4.48. The molecule has 0 aromatic heterocycles. The first-order valence-electron chi connectivity index (χ1n) is 7.33. The van der Waals surface area contributed by atoms with Crippen molar-refractivity contribution in [1.29, 1.82) is 0 Å². The first kappa shape index (κ1) is 16.1. The van der Waals surface area contributed by atoms with Crippen molar-refractivity contribution in [2.75, 3.05) is 0 Å². The van der Waals surface area contributed by atoms with E-state index in [1.54, 1.807) is 0 Å². The average Bonchev–Trinajstić information content (AvgIpc) is 2.48. The minimum atomic E-state index is 0.137. The van der Waals surface area contributed by atoms with Crippen LogP contribution in [-0.2, 0) is 19.4 Å². The maximum absolute atomic E-state index is 5.88. The van der Waals surface area contributed by atoms with E-state index in [4.69, 9.17) is 10.5 Å². The zero-order valence-electron chi connectivity index (χ0n) is 12.6. The second-order valence-corrected chi connectivity index (χ2v) is 6.25. The molecule has 0 saturated carbocycles. The summed E-state index contributed by atoms with van der Waals surface area (Å²) in [6.07, 6.45) is 1.90. The second-order valence-electron chi connectivity index (χ2n) is 5.39. The van der Waals surface area contributed by atoms with Crippen LogP contribution in [0, 0.1) is 0 Å². The summed E-state index contributed by atoms with van der Waals surface area (Å²) in [4.78, 5) is 0. The molecule has 0 spiro atoms. The molecule has 0 amide bonds. The summed E-state index contributed by atoms with van der Waals surface area (Å²) in [5, 5.41) is 0. The smallest absolute Gasteiger partial charge is 0.120 e. The number of ether oxygens (including phenoxy) is 1. The highest BCUT2D eigenvalue weighted by atomic mass is 79.9. The lowest BCUT2D eigenvalue weighted by molar-refractivity contribution is 0.306. The van der Waals surface area contributed by atoms with Crippen molar-refractivity contribution in [2.45, 2.75) is 39.3 Å². The van der Waals surface area contributed by atoms with Gasteiger partial charge in [-0.2, -0.15) is 0 Å². The number of rotatable bonds is 6. The van der Waals surface area contributed by atoms with Crippen LogP contribution in [0.1, 0.15) is 30.5 Å². The van der Waals surface area contributed by atoms with Gasteiger partial charge in [0.05, 0.1) is 0 Å². The molecule has 2 rings (SSSR count). The van der Waals surface area contributed by atoms with E-state index in [-0.39, 0.29) is 6.04 Å². The van der Waals surface area contributed by atoms with Gasteiger partial charge < -0.3 is 10.5 Å². The lowest BCUT2D eigenvalue weighted by Crippen LogP contribution is -2.18. The minimum Gasteiger partial charge on any atom is -0.489 e. The lowest BCUT2D eigenvalue weighted by Gasteiger charge is -2.11. The summed E-state index contributed by atoms with van der Waals surface area (Å²) < 4.78 is 6.96. The van der Waals surface area contributed by atoms with Gasteiger partial charge in [0.1, 0.15) is 12.4 Å². The van der Waals surface area contributed by atoms with Gasteiger partial charge in [0.15, 0.2) is 0 Å². The SMILES string of the molecule is CCc1ccc(COc2ccc(Br)c(CC(C)N)c2)cc1. The Hall–Kier alpha value is -1.32. The van der Waals surface area contributed by atoms with Crippen molar-refractivity contribution in [1.82, 2.24) is 0 Å². The van der Waals surface area contributed by atoms with Crippen molar-refractivity contribution < 1.29 is 4.74 Å². The highest BCUT2D eigenvalue weighted by molar-refractivity contribution is 9.10. The van der Waals surface area contributed by atoms with Crippen molar-refractivity contribution in [2.24, 2.45) is 5.73 Å². The Morgan fingerprint density at radius 3 is 2.38 bits per heavy atom. The Labute approximate surface area is 135 Å². The zero-order chi connectivity index (χ0) is 15.2. The summed E-state index contributed by atoms with van der Waals surface area (Å²) in [6, 6.07) is 14.8. The first-order chi connectivity index (χ1) is 10.1. The van der Waals surface area contributed by atoms with Crippen LogP contribution >= 0.6 is 15.9 Å². The number of halogens is 1. The van der Waals surface area contributed by atoms with Gasteiger partial charge >= 0.3 is 0 Å². The molecule has 2 aromatic rings. The standard InChI is InChI=1S/C18H22BrNO/c1-3-14-4-6-15(7-5-14)12-21-17-8-9-18(19)16(11-17)10-13(2)20/h4-9,11,13H,3,10,12,20H2,1-2H3. The molecule has 2 nitrogen and oxygen atoms in total. The molecule has 0 fully saturated rings. The van der Waals surface area contributed by atoms with Crippen LogP contribution in [0.4, 0.5) is 0 Å². The van der Waals surface area contributed by atoms with Gasteiger partial charge in [0.25, 0.3) is 0 Å². The summed E-state index contributed by atoms with van der Waals surface area (Å²) in [6.45, 7) is 4.76. The molecule has 21 heavy (non-hydrogen) atoms. The third-order valence-electron chi connectivity index (χ3n) is 3.40. The average molecular weight is 348 g/mol. The van der Waals surface area contributed by atoms with E-state index < -0.39 is 0 Å². The van der Waals surface area contributed by atoms with Crippen LogP contribution in [0.15, 0.2) is 46.9 Å². The first-order valence-corrected chi connectivity index (χ1v) is 8.12. The zero-order valence-corrected chi connectivity index (χ0v) is 14.2. The van der Waals surface area contributed by atoms with E-state index in [1.165, 1.54) is 16.7 Å². The molecule has 0 aliphatic heterocycles. The molecule has 112 valence electrons. The largest absolute Gasteiger partial charge is 0.489 e. The van der Waals surface area contributed by atoms with E-state index in [0.717, 1.165) is 23.1 Å². The molecule has 0 heterocycles. The van der Waals surface area contributed by atoms with E-state index in [1.807, 2.05) is 19.1 Å². The van der Waals surface area contributed by atoms with Gasteiger partial charge in [-0.05, 0) is 54.7 Å². The van der Waals surface area contributed by atoms with Gasteiger partial charge in [-0.3, -0.25) is 0 Å². The predicted molar refractivity (Wildman–Crippen MR) is 91.6 cm³/mol. The van der Waals surface area contributed by atoms with Gasteiger partial charge in [0, 0.05) is 10.5 Å². The molecule has 2 aromatic carbocycles. The van der Waals surface area contributed by atoms with Crippen molar-refractivity contribution in [3.05, 3.63) is 63.6 Å². The monoisotopic (exact) mass is 347 g/mol. The van der Waals surface area contributed by atoms with E-state index in [9.17, 15) is 0 Å². The molecule has 2 N–H and O–H groups in total. The molecule has 1 atom stereocenters. The molecule has 0 radical (unpaired) electrons. The van der Waals surface area contributed by atoms with Crippen LogP contribution in [0.2, 0.25) is 0 Å². The fourth-order valence-corrected chi connectivity index (χ4v) is 2.59. The molecule has 0 aliphatic carbocycles. The number of benzene rings is 2. The Morgan fingerprint density at radius 2 is 1.76 bits per heavy atom. The summed E-state index contributed by atoms with van der Waals surface area (Å²) in [5.74, 6) is 0.883. The highest BCUT2D eigenvalue weighted by Crippen LogP contribution is 2.24. The highest BCUT2D eigenvalue weighted by Gasteiger charge is 2.05. The summed E-state index contributed by atoms with van der Waals surface area (Å²) in [7, 11) is 0. The van der Waals surface area contributed by atoms with Crippen LogP contribution in [0.5, 0.6) is 5.75 Å². The maximum atomic E-state index is 5.88. The van der Waals surface area contributed by atoms with E-state index >= 15 is 0 Å². The minimum absolute atomic E-state index is 0.137. The molecule has 1 unspecified atom stereocenters. The number of nitrogens with two attached hydrogens (primary N) is 1. The molecular weight excluding hydrogens is 326 g/mol. The number of aryl methyl sites for hydroxylation is 1. The molecule has 0 saturated heterocycles. The Bertz CT molecular complexity index is 578. The van der Waals surface area contributed by atoms with Crippen LogP contribution in [-0.4, -0.2) is 6.04 Å². The van der Waals surface area contributed by atoms with Gasteiger partial charge in [-0.25, -0.2) is 0 Å². The van der Waals surface area contributed by atoms with Crippen molar-refractivity contribution >= 4 is 15.9 Å². The number of hydrogen-bond donors (Lipinski definition) is 1.